The highest BCUT2D eigenvalue weighted by Gasteiger charge is 2.35. The van der Waals surface area contributed by atoms with Gasteiger partial charge in [-0.25, -0.2) is 9.59 Å². The van der Waals surface area contributed by atoms with Crippen LogP contribution in [0.5, 0.6) is 0 Å². The molecular formula is C19H19N3O7. The predicted octanol–water partition coefficient (Wildman–Crippen LogP) is -0.794. The van der Waals surface area contributed by atoms with Crippen LogP contribution in [0.3, 0.4) is 0 Å². The van der Waals surface area contributed by atoms with Gasteiger partial charge in [0.25, 0.3) is 11.5 Å². The molecule has 0 bridgehead atoms. The second kappa shape index (κ2) is 8.55. The van der Waals surface area contributed by atoms with Gasteiger partial charge in [-0.05, 0) is 11.1 Å². The normalized spacial score (nSPS) is 15.3. The number of nitrogens with zero attached hydrogens (tertiary/aromatic N) is 2. The predicted molar refractivity (Wildman–Crippen MR) is 98.8 cm³/mol. The van der Waals surface area contributed by atoms with Crippen LogP contribution in [0.1, 0.15) is 11.1 Å². The lowest BCUT2D eigenvalue weighted by atomic mass is 9.94. The number of ether oxygens (including phenoxy) is 2. The zero-order valence-electron chi connectivity index (χ0n) is 15.6. The molecule has 3 rings (SSSR count). The number of aromatic amines is 1. The van der Waals surface area contributed by atoms with Crippen LogP contribution < -0.4 is 11.2 Å². The van der Waals surface area contributed by atoms with Crippen LogP contribution >= 0.6 is 0 Å². The zero-order chi connectivity index (χ0) is 21.0. The first-order valence-electron chi connectivity index (χ1n) is 8.78. The number of esters is 2. The quantitative estimate of drug-likeness (QED) is 0.650. The van der Waals surface area contributed by atoms with Crippen molar-refractivity contribution in [2.24, 2.45) is 0 Å². The Morgan fingerprint density at radius 1 is 1.14 bits per heavy atom. The summed E-state index contributed by atoms with van der Waals surface area (Å²) in [4.78, 5) is 62.7. The molecule has 0 fully saturated rings. The van der Waals surface area contributed by atoms with Crippen molar-refractivity contribution < 1.29 is 23.9 Å². The van der Waals surface area contributed by atoms with E-state index in [0.717, 1.165) is 28.0 Å². The molecule has 1 N–H and O–H groups in total. The van der Waals surface area contributed by atoms with Crippen molar-refractivity contribution in [1.29, 1.82) is 0 Å². The van der Waals surface area contributed by atoms with Crippen molar-refractivity contribution in [1.82, 2.24) is 14.5 Å². The van der Waals surface area contributed by atoms with Gasteiger partial charge in [0.2, 0.25) is 0 Å². The average molecular weight is 401 g/mol. The molecule has 0 saturated carbocycles. The van der Waals surface area contributed by atoms with E-state index in [1.165, 1.54) is 12.0 Å². The topological polar surface area (TPSA) is 128 Å². The van der Waals surface area contributed by atoms with Gasteiger partial charge in [0.1, 0.15) is 12.6 Å². The van der Waals surface area contributed by atoms with Crippen molar-refractivity contribution in [3.8, 4) is 0 Å². The van der Waals surface area contributed by atoms with Gasteiger partial charge in [0.15, 0.2) is 6.61 Å². The molecule has 1 aliphatic heterocycles. The number of carbonyl (C=O) groups is 3. The van der Waals surface area contributed by atoms with Gasteiger partial charge in [0.05, 0.1) is 7.11 Å². The summed E-state index contributed by atoms with van der Waals surface area (Å²) in [6.45, 7) is -0.871. The number of carbonyl (C=O) groups excluding carboxylic acids is 3. The molecule has 10 nitrogen and oxygen atoms in total. The van der Waals surface area contributed by atoms with E-state index in [-0.39, 0.29) is 6.54 Å². The zero-order valence-corrected chi connectivity index (χ0v) is 15.6. The fourth-order valence-electron chi connectivity index (χ4n) is 3.11. The Balaban J connectivity index is 1.66. The monoisotopic (exact) mass is 401 g/mol. The first-order valence-corrected chi connectivity index (χ1v) is 8.78. The highest BCUT2D eigenvalue weighted by molar-refractivity contribution is 5.87. The van der Waals surface area contributed by atoms with Crippen molar-refractivity contribution in [3.63, 3.8) is 0 Å². The smallest absolute Gasteiger partial charge is 0.328 e. The van der Waals surface area contributed by atoms with Crippen LogP contribution in [0.15, 0.2) is 46.1 Å². The van der Waals surface area contributed by atoms with Crippen LogP contribution in [-0.4, -0.2) is 52.1 Å². The molecule has 0 radical (unpaired) electrons. The molecule has 0 spiro atoms. The molecule has 0 saturated heterocycles. The van der Waals surface area contributed by atoms with E-state index in [4.69, 9.17) is 9.47 Å². The number of hydrogen-bond acceptors (Lipinski definition) is 7. The Hall–Kier alpha value is -3.69. The molecule has 10 heteroatoms. The molecule has 29 heavy (non-hydrogen) atoms. The van der Waals surface area contributed by atoms with Crippen molar-refractivity contribution in [2.75, 3.05) is 13.7 Å². The second-order valence-corrected chi connectivity index (χ2v) is 6.43. The Labute approximate surface area is 164 Å². The summed E-state index contributed by atoms with van der Waals surface area (Å²) < 4.78 is 10.7. The molecule has 2 heterocycles. The minimum Gasteiger partial charge on any atom is -0.467 e. The van der Waals surface area contributed by atoms with Crippen molar-refractivity contribution in [3.05, 3.63) is 68.5 Å². The number of aromatic nitrogens is 2. The summed E-state index contributed by atoms with van der Waals surface area (Å²) in [5.41, 5.74) is 0.488. The molecule has 1 aliphatic rings. The average Bonchev–Trinajstić information content (AvgIpc) is 2.72. The lowest BCUT2D eigenvalue weighted by Gasteiger charge is -2.35. The lowest BCUT2D eigenvalue weighted by Crippen LogP contribution is -2.50. The Morgan fingerprint density at radius 3 is 2.55 bits per heavy atom. The summed E-state index contributed by atoms with van der Waals surface area (Å²) in [5.74, 6) is -1.95. The van der Waals surface area contributed by atoms with Gasteiger partial charge in [-0.1, -0.05) is 24.3 Å². The highest BCUT2D eigenvalue weighted by atomic mass is 16.5. The van der Waals surface area contributed by atoms with E-state index in [0.29, 0.717) is 6.42 Å². The number of fused-ring (bicyclic) bond motifs is 1. The van der Waals surface area contributed by atoms with E-state index in [1.54, 1.807) is 0 Å². The summed E-state index contributed by atoms with van der Waals surface area (Å²) in [5, 5.41) is 0. The number of benzene rings is 1. The van der Waals surface area contributed by atoms with Gasteiger partial charge >= 0.3 is 17.6 Å². The summed E-state index contributed by atoms with van der Waals surface area (Å²) in [7, 11) is 1.24. The Morgan fingerprint density at radius 2 is 1.86 bits per heavy atom. The maximum atomic E-state index is 12.6. The lowest BCUT2D eigenvalue weighted by molar-refractivity contribution is -0.159. The fraction of sp³-hybridized carbons (Fsp3) is 0.316. The highest BCUT2D eigenvalue weighted by Crippen LogP contribution is 2.24. The molecule has 0 aliphatic carbocycles. The molecule has 1 atom stereocenters. The number of nitrogens with one attached hydrogen (secondary N) is 1. The van der Waals surface area contributed by atoms with Crippen LogP contribution in [-0.2, 0) is 43.4 Å². The third-order valence-electron chi connectivity index (χ3n) is 4.60. The van der Waals surface area contributed by atoms with Gasteiger partial charge in [-0.3, -0.25) is 23.9 Å². The second-order valence-electron chi connectivity index (χ2n) is 6.43. The Kier molecular flexibility index (Phi) is 5.91. The van der Waals surface area contributed by atoms with Gasteiger partial charge in [-0.2, -0.15) is 0 Å². The fourth-order valence-corrected chi connectivity index (χ4v) is 3.11. The van der Waals surface area contributed by atoms with Crippen molar-refractivity contribution in [2.45, 2.75) is 25.6 Å². The molecule has 2 aromatic rings. The number of hydrogen-bond donors (Lipinski definition) is 1. The molecule has 0 unspecified atom stereocenters. The Bertz CT molecular complexity index is 1060. The maximum Gasteiger partial charge on any atom is 0.328 e. The van der Waals surface area contributed by atoms with Gasteiger partial charge in [0, 0.05) is 25.2 Å². The summed E-state index contributed by atoms with van der Waals surface area (Å²) in [6, 6.07) is 7.70. The third kappa shape index (κ3) is 4.60. The van der Waals surface area contributed by atoms with E-state index in [1.807, 2.05) is 29.2 Å². The van der Waals surface area contributed by atoms with Gasteiger partial charge in [-0.15, -0.1) is 0 Å². The molecular weight excluding hydrogens is 382 g/mol. The summed E-state index contributed by atoms with van der Waals surface area (Å²) >= 11 is 0. The number of amides is 1. The minimum atomic E-state index is -0.834. The van der Waals surface area contributed by atoms with Crippen LogP contribution in [0.2, 0.25) is 0 Å². The van der Waals surface area contributed by atoms with Crippen LogP contribution in [0, 0.1) is 0 Å². The molecule has 152 valence electrons. The number of methoxy groups -OCH3 is 1. The van der Waals surface area contributed by atoms with Crippen molar-refractivity contribution >= 4 is 17.8 Å². The van der Waals surface area contributed by atoms with E-state index in [2.05, 4.69) is 0 Å². The SMILES string of the molecule is COC(=O)[C@H]1Cc2ccccc2CN1C(=O)COC(=O)Cn1ccc(=O)[nH]c1=O. The first kappa shape index (κ1) is 20.1. The first-order chi connectivity index (χ1) is 13.9. The number of H-pyrrole nitrogens is 1. The maximum absolute atomic E-state index is 12.6. The molecule has 1 aromatic carbocycles. The molecule has 1 aromatic heterocycles. The summed E-state index contributed by atoms with van der Waals surface area (Å²) in [6.07, 6.45) is 1.45. The standard InChI is InChI=1S/C19H19N3O7/c1-28-18(26)14-8-12-4-2-3-5-13(12)9-22(14)16(24)11-29-17(25)10-21-7-6-15(23)20-19(21)27/h2-7,14H,8-11H2,1H3,(H,20,23,27)/t14-/m1/s1. The third-order valence-corrected chi connectivity index (χ3v) is 4.60. The van der Waals surface area contributed by atoms with Crippen LogP contribution in [0.25, 0.3) is 0 Å². The van der Waals surface area contributed by atoms with Crippen LogP contribution in [0.4, 0.5) is 0 Å². The van der Waals surface area contributed by atoms with E-state index < -0.39 is 48.3 Å². The number of rotatable bonds is 5. The van der Waals surface area contributed by atoms with Gasteiger partial charge < -0.3 is 14.4 Å². The molecule has 1 amide bonds. The largest absolute Gasteiger partial charge is 0.467 e. The van der Waals surface area contributed by atoms with E-state index in [9.17, 15) is 24.0 Å². The minimum absolute atomic E-state index is 0.186. The van der Waals surface area contributed by atoms with E-state index >= 15 is 0 Å².